The van der Waals surface area contributed by atoms with Crippen molar-refractivity contribution in [2.24, 2.45) is 0 Å². The van der Waals surface area contributed by atoms with E-state index in [9.17, 15) is 9.59 Å². The summed E-state index contributed by atoms with van der Waals surface area (Å²) in [5.41, 5.74) is 3.70. The Labute approximate surface area is 146 Å². The number of carboxylic acids is 1. The third kappa shape index (κ3) is 2.89. The Bertz CT molecular complexity index is 1160. The molecule has 25 heavy (non-hydrogen) atoms. The molecule has 7 heteroatoms. The van der Waals surface area contributed by atoms with Crippen LogP contribution in [-0.4, -0.2) is 25.8 Å². The molecule has 0 radical (unpaired) electrons. The molecule has 0 saturated heterocycles. The summed E-state index contributed by atoms with van der Waals surface area (Å²) in [6, 6.07) is 12.8. The van der Waals surface area contributed by atoms with Gasteiger partial charge in [0.2, 0.25) is 0 Å². The zero-order chi connectivity index (χ0) is 17.4. The molecule has 0 aliphatic rings. The highest BCUT2D eigenvalue weighted by Gasteiger charge is 2.13. The van der Waals surface area contributed by atoms with Crippen LogP contribution in [0.5, 0.6) is 0 Å². The molecule has 0 aliphatic heterocycles. The van der Waals surface area contributed by atoms with Gasteiger partial charge in [-0.25, -0.2) is 9.67 Å². The van der Waals surface area contributed by atoms with E-state index in [0.717, 1.165) is 15.8 Å². The fraction of sp³-hybridized carbons (Fsp3) is 0.111. The summed E-state index contributed by atoms with van der Waals surface area (Å²) in [6.07, 6.45) is -0.230. The van der Waals surface area contributed by atoms with Gasteiger partial charge < -0.3 is 5.11 Å². The van der Waals surface area contributed by atoms with Crippen LogP contribution in [0.1, 0.15) is 11.3 Å². The maximum absolute atomic E-state index is 12.7. The number of thiazole rings is 1. The maximum atomic E-state index is 12.7. The highest BCUT2D eigenvalue weighted by Crippen LogP contribution is 2.19. The fourth-order valence-corrected chi connectivity index (χ4v) is 3.52. The summed E-state index contributed by atoms with van der Waals surface area (Å²) in [5, 5.41) is 14.5. The summed E-state index contributed by atoms with van der Waals surface area (Å²) >= 11 is 1.56. The molecule has 0 spiro atoms. The molecule has 0 amide bonds. The topological polar surface area (TPSA) is 85.1 Å². The van der Waals surface area contributed by atoms with Crippen molar-refractivity contribution in [2.45, 2.75) is 13.0 Å². The Morgan fingerprint density at radius 3 is 2.76 bits per heavy atom. The minimum absolute atomic E-state index is 0.230. The van der Waals surface area contributed by atoms with Gasteiger partial charge >= 0.3 is 5.97 Å². The molecule has 0 unspecified atom stereocenters. The second-order valence-corrected chi connectivity index (χ2v) is 6.57. The van der Waals surface area contributed by atoms with E-state index in [2.05, 4.69) is 10.1 Å². The van der Waals surface area contributed by atoms with Crippen molar-refractivity contribution in [2.75, 3.05) is 0 Å². The molecule has 4 aromatic rings. The average molecular weight is 351 g/mol. The number of hydrogen-bond acceptors (Lipinski definition) is 5. The van der Waals surface area contributed by atoms with E-state index in [4.69, 9.17) is 5.11 Å². The van der Waals surface area contributed by atoms with Crippen LogP contribution in [0, 0.1) is 0 Å². The molecule has 2 aromatic carbocycles. The van der Waals surface area contributed by atoms with Gasteiger partial charge in [-0.15, -0.1) is 11.3 Å². The van der Waals surface area contributed by atoms with Crippen molar-refractivity contribution < 1.29 is 9.90 Å². The molecule has 0 aliphatic carbocycles. The minimum atomic E-state index is -0.980. The molecule has 6 nitrogen and oxygen atoms in total. The van der Waals surface area contributed by atoms with Crippen molar-refractivity contribution in [3.63, 3.8) is 0 Å². The van der Waals surface area contributed by atoms with Gasteiger partial charge in [0.15, 0.2) is 0 Å². The van der Waals surface area contributed by atoms with Crippen molar-refractivity contribution in [3.8, 4) is 0 Å². The first-order chi connectivity index (χ1) is 12.1. The van der Waals surface area contributed by atoms with Crippen LogP contribution in [0.4, 0.5) is 0 Å². The van der Waals surface area contributed by atoms with Gasteiger partial charge in [0, 0.05) is 5.39 Å². The lowest BCUT2D eigenvalue weighted by atomic mass is 10.1. The van der Waals surface area contributed by atoms with Gasteiger partial charge in [-0.1, -0.05) is 24.3 Å². The van der Waals surface area contributed by atoms with Gasteiger partial charge in [0.1, 0.15) is 0 Å². The lowest BCUT2D eigenvalue weighted by molar-refractivity contribution is -0.136. The molecule has 0 saturated carbocycles. The Hall–Kier alpha value is -3.06. The molecule has 2 aromatic heterocycles. The Balaban J connectivity index is 1.84. The van der Waals surface area contributed by atoms with E-state index in [0.29, 0.717) is 16.5 Å². The SMILES string of the molecule is O=C(O)Cc1nn(Cc2ccc3scnc3c2)c(=O)c2ccccc12. The van der Waals surface area contributed by atoms with E-state index in [1.165, 1.54) is 4.68 Å². The minimum Gasteiger partial charge on any atom is -0.481 e. The number of carbonyl (C=O) groups is 1. The summed E-state index contributed by atoms with van der Waals surface area (Å²) in [7, 11) is 0. The third-order valence-corrected chi connectivity index (χ3v) is 4.80. The van der Waals surface area contributed by atoms with Crippen molar-refractivity contribution in [1.82, 2.24) is 14.8 Å². The van der Waals surface area contributed by atoms with E-state index < -0.39 is 5.97 Å². The molecule has 0 bridgehead atoms. The molecular weight excluding hydrogens is 338 g/mol. The van der Waals surface area contributed by atoms with Crippen LogP contribution in [0.3, 0.4) is 0 Å². The smallest absolute Gasteiger partial charge is 0.309 e. The first-order valence-electron chi connectivity index (χ1n) is 7.64. The third-order valence-electron chi connectivity index (χ3n) is 3.99. The Morgan fingerprint density at radius 1 is 1.16 bits per heavy atom. The number of aliphatic carboxylic acids is 1. The maximum Gasteiger partial charge on any atom is 0.309 e. The zero-order valence-corrected chi connectivity index (χ0v) is 13.9. The fourth-order valence-electron chi connectivity index (χ4n) is 2.86. The monoisotopic (exact) mass is 351 g/mol. The molecule has 2 heterocycles. The van der Waals surface area contributed by atoms with Crippen molar-refractivity contribution in [1.29, 1.82) is 0 Å². The predicted octanol–water partition coefficient (Wildman–Crippen LogP) is 2.68. The molecule has 124 valence electrons. The highest BCUT2D eigenvalue weighted by atomic mass is 32.1. The van der Waals surface area contributed by atoms with Gasteiger partial charge in [-0.05, 0) is 23.8 Å². The van der Waals surface area contributed by atoms with Crippen LogP contribution in [0.15, 0.2) is 52.8 Å². The zero-order valence-electron chi connectivity index (χ0n) is 13.0. The number of benzene rings is 2. The average Bonchev–Trinajstić information content (AvgIpc) is 3.06. The highest BCUT2D eigenvalue weighted by molar-refractivity contribution is 7.16. The van der Waals surface area contributed by atoms with E-state index in [1.54, 1.807) is 41.1 Å². The second-order valence-electron chi connectivity index (χ2n) is 5.68. The van der Waals surface area contributed by atoms with E-state index >= 15 is 0 Å². The molecule has 1 N–H and O–H groups in total. The lowest BCUT2D eigenvalue weighted by Gasteiger charge is -2.10. The van der Waals surface area contributed by atoms with Crippen LogP contribution < -0.4 is 5.56 Å². The van der Waals surface area contributed by atoms with Gasteiger partial charge in [-0.2, -0.15) is 5.10 Å². The van der Waals surface area contributed by atoms with Gasteiger partial charge in [0.05, 0.1) is 39.8 Å². The number of aromatic nitrogens is 3. The summed E-state index contributed by atoms with van der Waals surface area (Å²) in [4.78, 5) is 28.2. The molecular formula is C18H13N3O3S. The van der Waals surface area contributed by atoms with Crippen LogP contribution in [0.25, 0.3) is 21.0 Å². The summed E-state index contributed by atoms with van der Waals surface area (Å²) in [6.45, 7) is 0.268. The first-order valence-corrected chi connectivity index (χ1v) is 8.52. The van der Waals surface area contributed by atoms with E-state index in [1.807, 2.05) is 18.2 Å². The quantitative estimate of drug-likeness (QED) is 0.611. The predicted molar refractivity (Wildman–Crippen MR) is 96.1 cm³/mol. The molecule has 4 rings (SSSR count). The van der Waals surface area contributed by atoms with E-state index in [-0.39, 0.29) is 18.5 Å². The second kappa shape index (κ2) is 6.10. The lowest BCUT2D eigenvalue weighted by Crippen LogP contribution is -2.26. The Kier molecular flexibility index (Phi) is 3.77. The van der Waals surface area contributed by atoms with Crippen LogP contribution >= 0.6 is 11.3 Å². The first kappa shape index (κ1) is 15.5. The van der Waals surface area contributed by atoms with Gasteiger partial charge in [-0.3, -0.25) is 9.59 Å². The number of nitrogens with zero attached hydrogens (tertiary/aromatic N) is 3. The number of rotatable bonds is 4. The van der Waals surface area contributed by atoms with Crippen LogP contribution in [-0.2, 0) is 17.8 Å². The largest absolute Gasteiger partial charge is 0.481 e. The van der Waals surface area contributed by atoms with Crippen molar-refractivity contribution >= 4 is 38.3 Å². The summed E-state index contributed by atoms with van der Waals surface area (Å²) < 4.78 is 2.41. The number of hydrogen-bond donors (Lipinski definition) is 1. The number of fused-ring (bicyclic) bond motifs is 2. The van der Waals surface area contributed by atoms with Crippen LogP contribution in [0.2, 0.25) is 0 Å². The summed E-state index contributed by atoms with van der Waals surface area (Å²) in [5.74, 6) is -0.980. The Morgan fingerprint density at radius 2 is 1.96 bits per heavy atom. The molecule has 0 atom stereocenters. The standard InChI is InChI=1S/C18H13N3O3S/c22-17(23)8-14-12-3-1-2-4-13(12)18(24)21(20-14)9-11-5-6-16-15(7-11)19-10-25-16/h1-7,10H,8-9H2,(H,22,23). The van der Waals surface area contributed by atoms with Gasteiger partial charge in [0.25, 0.3) is 5.56 Å². The number of carboxylic acid groups (broad SMARTS) is 1. The normalized spacial score (nSPS) is 11.2. The molecule has 0 fully saturated rings. The van der Waals surface area contributed by atoms with Crippen molar-refractivity contribution in [3.05, 3.63) is 69.6 Å².